The van der Waals surface area contributed by atoms with Crippen molar-refractivity contribution in [2.45, 2.75) is 75.5 Å². The van der Waals surface area contributed by atoms with E-state index in [9.17, 15) is 4.79 Å². The van der Waals surface area contributed by atoms with Crippen molar-refractivity contribution in [1.82, 2.24) is 24.9 Å². The quantitative estimate of drug-likeness (QED) is 0.220. The Morgan fingerprint density at radius 2 is 2.03 bits per heavy atom. The first-order valence-corrected chi connectivity index (χ1v) is 15.1. The highest BCUT2D eigenvalue weighted by Gasteiger charge is 2.31. The number of benzene rings is 1. The van der Waals surface area contributed by atoms with Gasteiger partial charge in [0.1, 0.15) is 4.83 Å². The third-order valence-corrected chi connectivity index (χ3v) is 9.25. The van der Waals surface area contributed by atoms with E-state index in [1.165, 1.54) is 27.8 Å². The molecule has 3 aromatic heterocycles. The maximum atomic E-state index is 12.7. The van der Waals surface area contributed by atoms with Crippen LogP contribution < -0.4 is 5.32 Å². The maximum absolute atomic E-state index is 12.7. The highest BCUT2D eigenvalue weighted by molar-refractivity contribution is 8.00. The molecule has 1 amide bonds. The first-order valence-electron chi connectivity index (χ1n) is 12.3. The summed E-state index contributed by atoms with van der Waals surface area (Å²) in [4.78, 5) is 20.0. The van der Waals surface area contributed by atoms with Gasteiger partial charge in [-0.1, -0.05) is 60.8 Å². The molecule has 0 spiro atoms. The van der Waals surface area contributed by atoms with E-state index in [2.05, 4.69) is 48.4 Å². The van der Waals surface area contributed by atoms with Gasteiger partial charge < -0.3 is 10.1 Å². The molecule has 1 N–H and O–H groups in total. The second-order valence-corrected chi connectivity index (χ2v) is 12.8. The Labute approximate surface area is 223 Å². The molecule has 10 heteroatoms. The molecular formula is C26H31N5O2S3. The third-order valence-electron chi connectivity index (χ3n) is 6.07. The van der Waals surface area contributed by atoms with Crippen molar-refractivity contribution in [3.8, 4) is 0 Å². The van der Waals surface area contributed by atoms with Crippen LogP contribution in [0.1, 0.15) is 50.1 Å². The lowest BCUT2D eigenvalue weighted by molar-refractivity contribution is -0.119. The van der Waals surface area contributed by atoms with Gasteiger partial charge in [0.15, 0.2) is 16.0 Å². The molecule has 0 radical (unpaired) electrons. The number of ether oxygens (including phenoxy) is 1. The number of carbonyl (C=O) groups is 1. The zero-order valence-corrected chi connectivity index (χ0v) is 23.5. The lowest BCUT2D eigenvalue weighted by Crippen LogP contribution is -2.35. The second-order valence-electron chi connectivity index (χ2n) is 9.74. The lowest BCUT2D eigenvalue weighted by Gasteiger charge is -2.30. The third kappa shape index (κ3) is 5.41. The summed E-state index contributed by atoms with van der Waals surface area (Å²) < 4.78 is 8.10. The number of thioether (sulfide) groups is 2. The molecule has 36 heavy (non-hydrogen) atoms. The average molecular weight is 542 g/mol. The summed E-state index contributed by atoms with van der Waals surface area (Å²) in [5.41, 5.74) is 3.09. The molecule has 5 rings (SSSR count). The van der Waals surface area contributed by atoms with E-state index in [1.807, 2.05) is 29.5 Å². The molecular weight excluding hydrogens is 511 g/mol. The van der Waals surface area contributed by atoms with Crippen molar-refractivity contribution in [3.63, 3.8) is 0 Å². The largest absolute Gasteiger partial charge is 0.370 e. The van der Waals surface area contributed by atoms with Gasteiger partial charge in [-0.2, -0.15) is 0 Å². The number of thiophene rings is 1. The molecule has 1 aliphatic heterocycles. The van der Waals surface area contributed by atoms with Crippen LogP contribution in [0, 0.1) is 0 Å². The molecule has 7 nitrogen and oxygen atoms in total. The van der Waals surface area contributed by atoms with Crippen molar-refractivity contribution in [1.29, 1.82) is 0 Å². The fraction of sp³-hybridized carbons (Fsp3) is 0.462. The van der Waals surface area contributed by atoms with Crippen LogP contribution in [-0.2, 0) is 29.0 Å². The molecule has 0 saturated heterocycles. The topological polar surface area (TPSA) is 81.4 Å². The van der Waals surface area contributed by atoms with Crippen molar-refractivity contribution in [2.24, 2.45) is 0 Å². The summed E-state index contributed by atoms with van der Waals surface area (Å²) in [6.45, 7) is 9.04. The van der Waals surface area contributed by atoms with Crippen LogP contribution in [0.25, 0.3) is 15.9 Å². The van der Waals surface area contributed by atoms with Crippen molar-refractivity contribution in [2.75, 3.05) is 11.5 Å². The van der Waals surface area contributed by atoms with Gasteiger partial charge in [-0.25, -0.2) is 9.38 Å². The molecule has 0 bridgehead atoms. The summed E-state index contributed by atoms with van der Waals surface area (Å²) in [5, 5.41) is 14.9. The number of rotatable bonds is 9. The normalized spacial score (nSPS) is 15.8. The van der Waals surface area contributed by atoms with Crippen LogP contribution in [0.15, 0.2) is 40.6 Å². The standard InChI is InChI=1S/C26H31N5O2S3/c1-5-11-34-24-28-23-21(18-13-26(3,4)33-14-19(18)36-23)22-29-30-25(31(22)24)35-15-20(32)27-16(2)12-17-9-7-6-8-10-17/h6-10,16H,5,11-15H2,1-4H3,(H,27,32)/t16-/m0/s1. The molecule has 190 valence electrons. The van der Waals surface area contributed by atoms with Crippen LogP contribution in [0.4, 0.5) is 0 Å². The summed E-state index contributed by atoms with van der Waals surface area (Å²) in [6, 6.07) is 10.3. The van der Waals surface area contributed by atoms with Gasteiger partial charge >= 0.3 is 0 Å². The Kier molecular flexibility index (Phi) is 7.57. The van der Waals surface area contributed by atoms with Crippen LogP contribution in [0.2, 0.25) is 0 Å². The Morgan fingerprint density at radius 1 is 1.22 bits per heavy atom. The second kappa shape index (κ2) is 10.7. The monoisotopic (exact) mass is 541 g/mol. The van der Waals surface area contributed by atoms with Gasteiger partial charge in [-0.05, 0) is 44.7 Å². The van der Waals surface area contributed by atoms with Gasteiger partial charge in [-0.15, -0.1) is 21.5 Å². The SMILES string of the molecule is CCCSc1nc2sc3c(c2c2nnc(SCC(=O)N[C@@H](C)Cc4ccccc4)n12)CC(C)(C)OC3. The first kappa shape index (κ1) is 25.5. The fourth-order valence-corrected chi connectivity index (χ4v) is 7.24. The molecule has 0 aliphatic carbocycles. The van der Waals surface area contributed by atoms with E-state index in [0.29, 0.717) is 11.8 Å². The molecule has 4 heterocycles. The van der Waals surface area contributed by atoms with Crippen LogP contribution >= 0.6 is 34.9 Å². The highest BCUT2D eigenvalue weighted by Crippen LogP contribution is 2.41. The smallest absolute Gasteiger partial charge is 0.230 e. The first-order chi connectivity index (χ1) is 17.3. The molecule has 1 atom stereocenters. The molecule has 1 aliphatic rings. The summed E-state index contributed by atoms with van der Waals surface area (Å²) in [5.74, 6) is 1.22. The average Bonchev–Trinajstić information content (AvgIpc) is 3.42. The predicted molar refractivity (Wildman–Crippen MR) is 148 cm³/mol. The van der Waals surface area contributed by atoms with Crippen LogP contribution in [0.3, 0.4) is 0 Å². The number of amides is 1. The van der Waals surface area contributed by atoms with Crippen LogP contribution in [-0.4, -0.2) is 48.6 Å². The zero-order chi connectivity index (χ0) is 25.3. The van der Waals surface area contributed by atoms with E-state index in [0.717, 1.165) is 46.0 Å². The van der Waals surface area contributed by atoms with Gasteiger partial charge in [0.25, 0.3) is 0 Å². The molecule has 1 aromatic carbocycles. The Morgan fingerprint density at radius 3 is 2.81 bits per heavy atom. The van der Waals surface area contributed by atoms with E-state index in [1.54, 1.807) is 23.1 Å². The minimum Gasteiger partial charge on any atom is -0.370 e. The van der Waals surface area contributed by atoms with Crippen LogP contribution in [0.5, 0.6) is 0 Å². The number of hydrogen-bond donors (Lipinski definition) is 1. The van der Waals surface area contributed by atoms with E-state index in [-0.39, 0.29) is 23.3 Å². The number of nitrogens with one attached hydrogen (secondary N) is 1. The minimum absolute atomic E-state index is 0.0104. The summed E-state index contributed by atoms with van der Waals surface area (Å²) in [6.07, 6.45) is 2.66. The van der Waals surface area contributed by atoms with Gasteiger partial charge in [0, 0.05) is 23.1 Å². The van der Waals surface area contributed by atoms with Gasteiger partial charge in [0.2, 0.25) is 5.91 Å². The fourth-order valence-electron chi connectivity index (χ4n) is 4.44. The zero-order valence-electron chi connectivity index (χ0n) is 21.0. The van der Waals surface area contributed by atoms with E-state index in [4.69, 9.17) is 9.72 Å². The molecule has 0 unspecified atom stereocenters. The molecule has 0 saturated carbocycles. The number of hydrogen-bond acceptors (Lipinski definition) is 8. The molecule has 4 aromatic rings. The van der Waals surface area contributed by atoms with Gasteiger partial charge in [0.05, 0.1) is 23.3 Å². The number of carbonyl (C=O) groups excluding carboxylic acids is 1. The van der Waals surface area contributed by atoms with E-state index < -0.39 is 0 Å². The number of fused-ring (bicyclic) bond motifs is 5. The van der Waals surface area contributed by atoms with Crippen molar-refractivity contribution in [3.05, 3.63) is 46.3 Å². The Balaban J connectivity index is 1.40. The molecule has 0 fully saturated rings. The Hall–Kier alpha value is -2.14. The maximum Gasteiger partial charge on any atom is 0.230 e. The van der Waals surface area contributed by atoms with E-state index >= 15 is 0 Å². The van der Waals surface area contributed by atoms with Crippen molar-refractivity contribution < 1.29 is 9.53 Å². The minimum atomic E-state index is -0.222. The predicted octanol–water partition coefficient (Wildman–Crippen LogP) is 5.53. The van der Waals surface area contributed by atoms with Crippen molar-refractivity contribution >= 4 is 56.6 Å². The number of nitrogens with zero attached hydrogens (tertiary/aromatic N) is 4. The lowest BCUT2D eigenvalue weighted by atomic mass is 9.94. The highest BCUT2D eigenvalue weighted by atomic mass is 32.2. The summed E-state index contributed by atoms with van der Waals surface area (Å²) >= 11 is 4.82. The Bertz CT molecular complexity index is 1380. The number of aromatic nitrogens is 4. The van der Waals surface area contributed by atoms with Gasteiger partial charge in [-0.3, -0.25) is 4.79 Å². The summed E-state index contributed by atoms with van der Waals surface area (Å²) in [7, 11) is 0.